The van der Waals surface area contributed by atoms with Crippen molar-refractivity contribution in [1.82, 2.24) is 4.57 Å². The first kappa shape index (κ1) is 32.2. The van der Waals surface area contributed by atoms with Crippen molar-refractivity contribution in [1.29, 1.82) is 0 Å². The van der Waals surface area contributed by atoms with Crippen LogP contribution in [-0.4, -0.2) is 4.57 Å². The summed E-state index contributed by atoms with van der Waals surface area (Å²) in [5.41, 5.74) is 0. The van der Waals surface area contributed by atoms with Crippen molar-refractivity contribution in [2.75, 3.05) is 0 Å². The van der Waals surface area contributed by atoms with Crippen molar-refractivity contribution in [2.24, 2.45) is 0 Å². The van der Waals surface area contributed by atoms with Gasteiger partial charge in [-0.2, -0.15) is 0 Å². The van der Waals surface area contributed by atoms with Crippen LogP contribution in [0.2, 0.25) is 0 Å². The van der Waals surface area contributed by atoms with E-state index in [0.29, 0.717) is 0 Å². The van der Waals surface area contributed by atoms with E-state index < -0.39 is 0 Å². The molecule has 0 spiro atoms. The minimum absolute atomic E-state index is 1.23. The average Bonchev–Trinajstić information content (AvgIpc) is 3.25. The van der Waals surface area contributed by atoms with Crippen LogP contribution in [0.15, 0.2) is 12.4 Å². The van der Waals surface area contributed by atoms with E-state index in [1.165, 1.54) is 174 Å². The largest absolute Gasteiger partial charge is 0.256 e. The van der Waals surface area contributed by atoms with Gasteiger partial charge in [0.15, 0.2) is 0 Å². The maximum Gasteiger partial charge on any atom is 0.256 e. The molecule has 0 atom stereocenters. The number of aromatic nitrogens is 2. The molecule has 0 bridgehead atoms. The molecule has 0 saturated carbocycles. The Balaban J connectivity index is 2.32. The van der Waals surface area contributed by atoms with Crippen molar-refractivity contribution in [3.63, 3.8) is 0 Å². The van der Waals surface area contributed by atoms with Crippen LogP contribution in [0.1, 0.15) is 181 Å². The molecule has 2 nitrogen and oxygen atoms in total. The van der Waals surface area contributed by atoms with E-state index in [0.717, 1.165) is 0 Å². The number of aryl methyl sites for hydroxylation is 2. The third kappa shape index (κ3) is 18.2. The molecule has 0 N–H and O–H groups in total. The fourth-order valence-corrected chi connectivity index (χ4v) is 5.44. The van der Waals surface area contributed by atoms with Crippen molar-refractivity contribution < 1.29 is 4.57 Å². The SMILES string of the molecule is CCCCCCCCCCCCC[n+]1ccn(CCCCCCCC)c1CCCCCCCCC. The van der Waals surface area contributed by atoms with Gasteiger partial charge in [0.25, 0.3) is 5.82 Å². The zero-order chi connectivity index (χ0) is 25.2. The lowest BCUT2D eigenvalue weighted by atomic mass is 10.1. The number of hydrogen-bond acceptors (Lipinski definition) is 0. The van der Waals surface area contributed by atoms with Crippen LogP contribution in [0.4, 0.5) is 0 Å². The van der Waals surface area contributed by atoms with E-state index in [4.69, 9.17) is 0 Å². The van der Waals surface area contributed by atoms with Crippen LogP contribution in [0.3, 0.4) is 0 Å². The zero-order valence-electron chi connectivity index (χ0n) is 24.6. The molecule has 0 aliphatic heterocycles. The summed E-state index contributed by atoms with van der Waals surface area (Å²) >= 11 is 0. The number of nitrogens with zero attached hydrogens (tertiary/aromatic N) is 2. The van der Waals surface area contributed by atoms with Crippen LogP contribution < -0.4 is 4.57 Å². The molecule has 206 valence electrons. The quantitative estimate of drug-likeness (QED) is 0.0858. The van der Waals surface area contributed by atoms with E-state index in [2.05, 4.69) is 42.3 Å². The number of rotatable bonds is 27. The van der Waals surface area contributed by atoms with E-state index in [1.54, 1.807) is 5.82 Å². The number of imidazole rings is 1. The Labute approximate surface area is 221 Å². The summed E-state index contributed by atoms with van der Waals surface area (Å²) < 4.78 is 5.22. The van der Waals surface area contributed by atoms with Crippen molar-refractivity contribution >= 4 is 0 Å². The molecule has 1 rings (SSSR count). The Bertz CT molecular complexity index is 547. The molecule has 1 heterocycles. The van der Waals surface area contributed by atoms with Crippen LogP contribution in [0.5, 0.6) is 0 Å². The highest BCUT2D eigenvalue weighted by Crippen LogP contribution is 2.13. The van der Waals surface area contributed by atoms with Crippen molar-refractivity contribution in [3.8, 4) is 0 Å². The molecule has 0 amide bonds. The highest BCUT2D eigenvalue weighted by atomic mass is 15.1. The third-order valence-electron chi connectivity index (χ3n) is 7.85. The predicted octanol–water partition coefficient (Wildman–Crippen LogP) is 10.7. The van der Waals surface area contributed by atoms with Gasteiger partial charge < -0.3 is 0 Å². The van der Waals surface area contributed by atoms with Gasteiger partial charge in [-0.05, 0) is 32.1 Å². The Morgan fingerprint density at radius 1 is 0.486 bits per heavy atom. The minimum atomic E-state index is 1.23. The van der Waals surface area contributed by atoms with Crippen molar-refractivity contribution in [2.45, 2.75) is 194 Å². The predicted molar refractivity (Wildman–Crippen MR) is 156 cm³/mol. The first-order valence-electron chi connectivity index (χ1n) is 16.4. The van der Waals surface area contributed by atoms with E-state index in [1.807, 2.05) is 0 Å². The number of unbranched alkanes of at least 4 members (excludes halogenated alkanes) is 21. The summed E-state index contributed by atoms with van der Waals surface area (Å²) in [4.78, 5) is 0. The Kier molecular flexibility index (Phi) is 22.9. The van der Waals surface area contributed by atoms with Gasteiger partial charge in [-0.25, -0.2) is 9.13 Å². The molecule has 0 aromatic carbocycles. The molecule has 0 fully saturated rings. The first-order chi connectivity index (χ1) is 17.3. The molecule has 0 unspecified atom stereocenters. The summed E-state index contributed by atoms with van der Waals surface area (Å²) in [6.07, 6.45) is 40.0. The lowest BCUT2D eigenvalue weighted by Crippen LogP contribution is -2.37. The smallest absolute Gasteiger partial charge is 0.234 e. The number of hydrogen-bond donors (Lipinski definition) is 0. The second kappa shape index (κ2) is 24.9. The molecular formula is C33H65N2+. The van der Waals surface area contributed by atoms with Gasteiger partial charge in [-0.3, -0.25) is 0 Å². The topological polar surface area (TPSA) is 8.81 Å². The van der Waals surface area contributed by atoms with Crippen molar-refractivity contribution in [3.05, 3.63) is 18.2 Å². The maximum atomic E-state index is 2.61. The fourth-order valence-electron chi connectivity index (χ4n) is 5.44. The van der Waals surface area contributed by atoms with Crippen LogP contribution in [0, 0.1) is 0 Å². The van der Waals surface area contributed by atoms with E-state index >= 15 is 0 Å². The average molecular weight is 490 g/mol. The van der Waals surface area contributed by atoms with E-state index in [9.17, 15) is 0 Å². The molecule has 0 saturated heterocycles. The molecule has 1 aromatic rings. The first-order valence-corrected chi connectivity index (χ1v) is 16.4. The molecule has 0 radical (unpaired) electrons. The molecule has 1 aromatic heterocycles. The van der Waals surface area contributed by atoms with Crippen LogP contribution in [0.25, 0.3) is 0 Å². The monoisotopic (exact) mass is 490 g/mol. The van der Waals surface area contributed by atoms with Gasteiger partial charge in [0.2, 0.25) is 0 Å². The second-order valence-electron chi connectivity index (χ2n) is 11.3. The van der Waals surface area contributed by atoms with Crippen LogP contribution in [-0.2, 0) is 19.5 Å². The highest BCUT2D eigenvalue weighted by Gasteiger charge is 2.16. The second-order valence-corrected chi connectivity index (χ2v) is 11.3. The minimum Gasteiger partial charge on any atom is -0.234 e. The van der Waals surface area contributed by atoms with Gasteiger partial charge in [-0.15, -0.1) is 0 Å². The Morgan fingerprint density at radius 2 is 0.886 bits per heavy atom. The molecular weight excluding hydrogens is 424 g/mol. The molecule has 35 heavy (non-hydrogen) atoms. The Morgan fingerprint density at radius 3 is 1.37 bits per heavy atom. The molecule has 0 aliphatic carbocycles. The summed E-state index contributed by atoms with van der Waals surface area (Å²) in [5, 5.41) is 0. The summed E-state index contributed by atoms with van der Waals surface area (Å²) in [5.74, 6) is 1.61. The highest BCUT2D eigenvalue weighted by molar-refractivity contribution is 4.84. The lowest BCUT2D eigenvalue weighted by molar-refractivity contribution is -0.704. The maximum absolute atomic E-state index is 2.61. The molecule has 2 heteroatoms. The summed E-state index contributed by atoms with van der Waals surface area (Å²) in [7, 11) is 0. The van der Waals surface area contributed by atoms with Gasteiger partial charge in [-0.1, -0.05) is 143 Å². The standard InChI is InChI=1S/C33H65N2/c1-4-7-10-13-16-17-18-19-21-24-27-30-35-32-31-34(29-26-23-15-12-9-6-3)33(35)28-25-22-20-14-11-8-5-2/h31-32H,4-30H2,1-3H3/q+1. The van der Waals surface area contributed by atoms with Gasteiger partial charge in [0.1, 0.15) is 12.4 Å². The Hall–Kier alpha value is -0.790. The third-order valence-corrected chi connectivity index (χ3v) is 7.85. The zero-order valence-corrected chi connectivity index (χ0v) is 24.6. The summed E-state index contributed by atoms with van der Waals surface area (Å²) in [6.45, 7) is 9.38. The van der Waals surface area contributed by atoms with Gasteiger partial charge >= 0.3 is 0 Å². The van der Waals surface area contributed by atoms with Gasteiger partial charge in [0.05, 0.1) is 13.1 Å². The molecule has 0 aliphatic rings. The van der Waals surface area contributed by atoms with Gasteiger partial charge in [0, 0.05) is 6.42 Å². The fraction of sp³-hybridized carbons (Fsp3) is 0.909. The lowest BCUT2D eigenvalue weighted by Gasteiger charge is -2.07. The van der Waals surface area contributed by atoms with E-state index in [-0.39, 0.29) is 0 Å². The van der Waals surface area contributed by atoms with Crippen LogP contribution >= 0.6 is 0 Å². The summed E-state index contributed by atoms with van der Waals surface area (Å²) in [6, 6.07) is 0. The normalized spacial score (nSPS) is 11.5.